The Labute approximate surface area is 145 Å². The van der Waals surface area contributed by atoms with Gasteiger partial charge in [-0.2, -0.15) is 0 Å². The lowest BCUT2D eigenvalue weighted by atomic mass is 10.2. The van der Waals surface area contributed by atoms with Crippen LogP contribution >= 0.6 is 23.2 Å². The normalized spacial score (nSPS) is 20.8. The first kappa shape index (κ1) is 15.0. The summed E-state index contributed by atoms with van der Waals surface area (Å²) in [5.74, 6) is 1.83. The topological polar surface area (TPSA) is 45.2 Å². The minimum atomic E-state index is 0.422. The summed E-state index contributed by atoms with van der Waals surface area (Å²) in [6.45, 7) is 1.84. The summed E-state index contributed by atoms with van der Waals surface area (Å²) < 4.78 is 0. The van der Waals surface area contributed by atoms with Gasteiger partial charge in [0.1, 0.15) is 18.0 Å². The SMILES string of the molecule is Clc1cnc(N2CCC(N(c3ccncn3)C3CC3)C2)c(Cl)c1. The van der Waals surface area contributed by atoms with Crippen molar-refractivity contribution in [2.45, 2.75) is 31.3 Å². The van der Waals surface area contributed by atoms with Crippen LogP contribution < -0.4 is 9.80 Å². The maximum absolute atomic E-state index is 6.31. The number of anilines is 2. The van der Waals surface area contributed by atoms with Gasteiger partial charge in [0, 0.05) is 37.6 Å². The molecule has 1 saturated carbocycles. The maximum atomic E-state index is 6.31. The molecule has 2 aromatic rings. The van der Waals surface area contributed by atoms with Crippen molar-refractivity contribution in [2.24, 2.45) is 0 Å². The molecule has 4 rings (SSSR count). The van der Waals surface area contributed by atoms with Gasteiger partial charge in [-0.25, -0.2) is 15.0 Å². The summed E-state index contributed by atoms with van der Waals surface area (Å²) in [4.78, 5) is 17.6. The van der Waals surface area contributed by atoms with E-state index in [-0.39, 0.29) is 0 Å². The van der Waals surface area contributed by atoms with Crippen molar-refractivity contribution >= 4 is 34.8 Å². The Morgan fingerprint density at radius 1 is 1.13 bits per heavy atom. The quantitative estimate of drug-likeness (QED) is 0.845. The third-order valence-corrected chi connectivity index (χ3v) is 4.90. The van der Waals surface area contributed by atoms with Gasteiger partial charge >= 0.3 is 0 Å². The number of nitrogens with zero attached hydrogens (tertiary/aromatic N) is 5. The summed E-state index contributed by atoms with van der Waals surface area (Å²) in [6, 6.07) is 4.77. The van der Waals surface area contributed by atoms with Crippen LogP contribution in [0.5, 0.6) is 0 Å². The van der Waals surface area contributed by atoms with E-state index < -0.39 is 0 Å². The number of pyridine rings is 1. The first-order valence-electron chi connectivity index (χ1n) is 7.83. The van der Waals surface area contributed by atoms with E-state index in [1.165, 1.54) is 12.8 Å². The van der Waals surface area contributed by atoms with Gasteiger partial charge in [-0.05, 0) is 31.4 Å². The van der Waals surface area contributed by atoms with Crippen LogP contribution in [0.1, 0.15) is 19.3 Å². The van der Waals surface area contributed by atoms with Crippen molar-refractivity contribution in [3.8, 4) is 0 Å². The molecule has 2 aliphatic rings. The summed E-state index contributed by atoms with van der Waals surface area (Å²) >= 11 is 12.3. The van der Waals surface area contributed by atoms with Gasteiger partial charge in [0.25, 0.3) is 0 Å². The molecule has 7 heteroatoms. The Kier molecular flexibility index (Phi) is 3.99. The molecule has 1 unspecified atom stereocenters. The third kappa shape index (κ3) is 3.08. The highest BCUT2D eigenvalue weighted by atomic mass is 35.5. The Bertz CT molecular complexity index is 692. The molecule has 0 aromatic carbocycles. The van der Waals surface area contributed by atoms with E-state index in [2.05, 4.69) is 24.8 Å². The Morgan fingerprint density at radius 2 is 2.00 bits per heavy atom. The summed E-state index contributed by atoms with van der Waals surface area (Å²) in [5, 5.41) is 1.17. The fourth-order valence-electron chi connectivity index (χ4n) is 3.26. The lowest BCUT2D eigenvalue weighted by molar-refractivity contribution is 0.624. The monoisotopic (exact) mass is 349 g/mol. The van der Waals surface area contributed by atoms with Crippen molar-refractivity contribution in [1.29, 1.82) is 0 Å². The van der Waals surface area contributed by atoms with Crippen LogP contribution in [0, 0.1) is 0 Å². The standard InChI is InChI=1S/C16H17Cl2N5/c17-11-7-14(18)16(20-8-11)22-6-4-13(9-22)23(12-1-2-12)15-3-5-19-10-21-15/h3,5,7-8,10,12-13H,1-2,4,6,9H2. The predicted octanol–water partition coefficient (Wildman–Crippen LogP) is 3.43. The fraction of sp³-hybridized carbons (Fsp3) is 0.438. The van der Waals surface area contributed by atoms with Gasteiger partial charge in [-0.1, -0.05) is 23.2 Å². The van der Waals surface area contributed by atoms with E-state index in [9.17, 15) is 0 Å². The Balaban J connectivity index is 1.55. The number of hydrogen-bond donors (Lipinski definition) is 0. The van der Waals surface area contributed by atoms with Gasteiger partial charge in [0.2, 0.25) is 0 Å². The van der Waals surface area contributed by atoms with E-state index in [1.807, 2.05) is 12.3 Å². The highest BCUT2D eigenvalue weighted by Gasteiger charge is 2.38. The fourth-order valence-corrected chi connectivity index (χ4v) is 3.76. The molecule has 2 fully saturated rings. The molecule has 0 amide bonds. The predicted molar refractivity (Wildman–Crippen MR) is 92.4 cm³/mol. The van der Waals surface area contributed by atoms with E-state index in [0.29, 0.717) is 22.1 Å². The second kappa shape index (κ2) is 6.13. The van der Waals surface area contributed by atoms with Gasteiger partial charge < -0.3 is 9.80 Å². The summed E-state index contributed by atoms with van der Waals surface area (Å²) in [5.41, 5.74) is 0. The Hall–Kier alpha value is -1.59. The smallest absolute Gasteiger partial charge is 0.147 e. The van der Waals surface area contributed by atoms with E-state index in [1.54, 1.807) is 18.6 Å². The van der Waals surface area contributed by atoms with E-state index in [0.717, 1.165) is 31.1 Å². The van der Waals surface area contributed by atoms with Crippen molar-refractivity contribution < 1.29 is 0 Å². The average molecular weight is 350 g/mol. The zero-order valence-electron chi connectivity index (χ0n) is 12.6. The van der Waals surface area contributed by atoms with Crippen LogP contribution in [0.2, 0.25) is 10.0 Å². The first-order chi connectivity index (χ1) is 11.2. The summed E-state index contributed by atoms with van der Waals surface area (Å²) in [7, 11) is 0. The molecular formula is C16H17Cl2N5. The molecule has 23 heavy (non-hydrogen) atoms. The molecule has 0 N–H and O–H groups in total. The van der Waals surface area contributed by atoms with Crippen molar-refractivity contribution in [2.75, 3.05) is 22.9 Å². The lowest BCUT2D eigenvalue weighted by Crippen LogP contribution is -2.40. The summed E-state index contributed by atoms with van der Waals surface area (Å²) in [6.07, 6.45) is 8.62. The number of hydrogen-bond acceptors (Lipinski definition) is 5. The van der Waals surface area contributed by atoms with Crippen LogP contribution in [-0.4, -0.2) is 40.1 Å². The minimum absolute atomic E-state index is 0.422. The van der Waals surface area contributed by atoms with Gasteiger partial charge in [0.05, 0.1) is 10.0 Å². The number of halogens is 2. The maximum Gasteiger partial charge on any atom is 0.147 e. The number of aromatic nitrogens is 3. The largest absolute Gasteiger partial charge is 0.353 e. The van der Waals surface area contributed by atoms with E-state index >= 15 is 0 Å². The van der Waals surface area contributed by atoms with Crippen LogP contribution in [0.15, 0.2) is 30.9 Å². The third-order valence-electron chi connectivity index (χ3n) is 4.42. The first-order valence-corrected chi connectivity index (χ1v) is 8.58. The van der Waals surface area contributed by atoms with Gasteiger partial charge in [-0.15, -0.1) is 0 Å². The molecule has 1 saturated heterocycles. The molecule has 5 nitrogen and oxygen atoms in total. The van der Waals surface area contributed by atoms with Crippen LogP contribution in [0.3, 0.4) is 0 Å². The highest BCUT2D eigenvalue weighted by Crippen LogP contribution is 2.36. The number of rotatable bonds is 4. The molecule has 120 valence electrons. The molecule has 2 aromatic heterocycles. The second-order valence-electron chi connectivity index (χ2n) is 6.05. The van der Waals surface area contributed by atoms with Crippen LogP contribution in [0.4, 0.5) is 11.6 Å². The van der Waals surface area contributed by atoms with Crippen molar-refractivity contribution in [3.05, 3.63) is 40.9 Å². The van der Waals surface area contributed by atoms with Crippen molar-refractivity contribution in [3.63, 3.8) is 0 Å². The van der Waals surface area contributed by atoms with Gasteiger partial charge in [0.15, 0.2) is 0 Å². The van der Waals surface area contributed by atoms with Gasteiger partial charge in [-0.3, -0.25) is 0 Å². The molecular weight excluding hydrogens is 333 g/mol. The minimum Gasteiger partial charge on any atom is -0.353 e. The molecule has 3 heterocycles. The zero-order chi connectivity index (χ0) is 15.8. The lowest BCUT2D eigenvalue weighted by Gasteiger charge is -2.30. The highest BCUT2D eigenvalue weighted by molar-refractivity contribution is 6.36. The molecule has 0 radical (unpaired) electrons. The second-order valence-corrected chi connectivity index (χ2v) is 6.90. The molecule has 1 aliphatic carbocycles. The van der Waals surface area contributed by atoms with E-state index in [4.69, 9.17) is 23.2 Å². The molecule has 0 bridgehead atoms. The molecule has 0 spiro atoms. The molecule has 1 atom stereocenters. The molecule has 1 aliphatic heterocycles. The van der Waals surface area contributed by atoms with Crippen molar-refractivity contribution in [1.82, 2.24) is 15.0 Å². The Morgan fingerprint density at radius 3 is 2.70 bits per heavy atom. The zero-order valence-corrected chi connectivity index (χ0v) is 14.1. The van der Waals surface area contributed by atoms with Crippen LogP contribution in [0.25, 0.3) is 0 Å². The average Bonchev–Trinajstić information content (AvgIpc) is 3.26. The van der Waals surface area contributed by atoms with Crippen LogP contribution in [-0.2, 0) is 0 Å².